The number of imidazole rings is 1. The number of para-hydroxylation sites is 2. The summed E-state index contributed by atoms with van der Waals surface area (Å²) in [4.78, 5) is 11.6. The second-order valence-corrected chi connectivity index (χ2v) is 6.80. The Bertz CT molecular complexity index is 930. The first kappa shape index (κ1) is 21.6. The van der Waals surface area contributed by atoms with Crippen LogP contribution in [0.4, 0.5) is 0 Å². The molecule has 27 heavy (non-hydrogen) atoms. The number of aliphatic imine (C=N–C) groups is 1. The van der Waals surface area contributed by atoms with E-state index < -0.39 is 0 Å². The molecule has 146 valence electrons. The third-order valence-corrected chi connectivity index (χ3v) is 4.63. The maximum atomic E-state index is 6.09. The van der Waals surface area contributed by atoms with Crippen molar-refractivity contribution in [1.82, 2.24) is 24.3 Å². The highest BCUT2D eigenvalue weighted by Crippen LogP contribution is 2.16. The molecule has 0 saturated heterocycles. The highest BCUT2D eigenvalue weighted by molar-refractivity contribution is 14.0. The van der Waals surface area contributed by atoms with Crippen LogP contribution in [-0.4, -0.2) is 38.6 Å². The maximum Gasteiger partial charge on any atom is 0.194 e. The van der Waals surface area contributed by atoms with Crippen molar-refractivity contribution < 1.29 is 0 Å². The van der Waals surface area contributed by atoms with Crippen LogP contribution in [0.3, 0.4) is 0 Å². The summed E-state index contributed by atoms with van der Waals surface area (Å²) in [6.07, 6.45) is 1.91. The van der Waals surface area contributed by atoms with Crippen molar-refractivity contribution in [3.63, 3.8) is 0 Å². The molecule has 0 amide bonds. The Balaban J connectivity index is 0.00000261. The van der Waals surface area contributed by atoms with Crippen molar-refractivity contribution in [2.24, 2.45) is 19.1 Å². The molecule has 0 spiro atoms. The van der Waals surface area contributed by atoms with E-state index in [0.717, 1.165) is 46.6 Å². The summed E-state index contributed by atoms with van der Waals surface area (Å²) in [6.45, 7) is 4.11. The molecule has 6 nitrogen and oxygen atoms in total. The number of aromatic nitrogens is 3. The number of rotatable bonds is 5. The minimum absolute atomic E-state index is 0. The summed E-state index contributed by atoms with van der Waals surface area (Å²) in [6, 6.07) is 10.1. The van der Waals surface area contributed by atoms with Crippen LogP contribution >= 0.6 is 35.6 Å². The predicted molar refractivity (Wildman–Crippen MR) is 123 cm³/mol. The standard InChI is InChI=1S/C19H25ClN6.HI/c1-5-21-19(25(3)13-15-10-14(20)12-24(15)2)22-11-18-23-16-8-6-7-9-17(16)26(18)4;/h6-10,12H,5,11,13H2,1-4H3,(H,21,22);1H. The van der Waals surface area contributed by atoms with Crippen molar-refractivity contribution in [2.45, 2.75) is 20.0 Å². The SMILES string of the molecule is CCNC(=NCc1nc2ccccc2n1C)N(C)Cc1cc(Cl)cn1C.I. The van der Waals surface area contributed by atoms with Crippen LogP contribution in [0, 0.1) is 0 Å². The lowest BCUT2D eigenvalue weighted by molar-refractivity contribution is 0.461. The summed E-state index contributed by atoms with van der Waals surface area (Å²) in [5.74, 6) is 1.79. The van der Waals surface area contributed by atoms with Gasteiger partial charge in [-0.1, -0.05) is 23.7 Å². The van der Waals surface area contributed by atoms with E-state index in [1.807, 2.05) is 56.2 Å². The Morgan fingerprint density at radius 2 is 2.04 bits per heavy atom. The highest BCUT2D eigenvalue weighted by Gasteiger charge is 2.11. The Morgan fingerprint density at radius 1 is 1.30 bits per heavy atom. The van der Waals surface area contributed by atoms with Crippen LogP contribution in [0.15, 0.2) is 41.5 Å². The van der Waals surface area contributed by atoms with Crippen LogP contribution < -0.4 is 5.32 Å². The number of benzene rings is 1. The average molecular weight is 501 g/mol. The second kappa shape index (κ2) is 9.45. The lowest BCUT2D eigenvalue weighted by atomic mass is 10.3. The molecule has 8 heteroatoms. The molecule has 0 atom stereocenters. The molecule has 0 fully saturated rings. The van der Waals surface area contributed by atoms with Gasteiger partial charge in [-0.15, -0.1) is 24.0 Å². The first-order valence-corrected chi connectivity index (χ1v) is 9.08. The number of nitrogens with one attached hydrogen (secondary N) is 1. The summed E-state index contributed by atoms with van der Waals surface area (Å²) in [5.41, 5.74) is 3.25. The van der Waals surface area contributed by atoms with Crippen molar-refractivity contribution in [2.75, 3.05) is 13.6 Å². The van der Waals surface area contributed by atoms with E-state index in [1.54, 1.807) is 0 Å². The molecule has 0 unspecified atom stereocenters. The fraction of sp³-hybridized carbons (Fsp3) is 0.368. The summed E-state index contributed by atoms with van der Waals surface area (Å²) in [5, 5.41) is 4.10. The topological polar surface area (TPSA) is 50.4 Å². The molecule has 2 aromatic heterocycles. The number of hydrogen-bond acceptors (Lipinski definition) is 2. The van der Waals surface area contributed by atoms with Crippen LogP contribution in [0.25, 0.3) is 11.0 Å². The second-order valence-electron chi connectivity index (χ2n) is 6.36. The molecule has 0 bridgehead atoms. The summed E-state index contributed by atoms with van der Waals surface area (Å²) >= 11 is 6.09. The van der Waals surface area contributed by atoms with Gasteiger partial charge in [0, 0.05) is 39.6 Å². The molecule has 0 aliphatic rings. The molecule has 2 heterocycles. The third kappa shape index (κ3) is 4.95. The number of fused-ring (bicyclic) bond motifs is 1. The van der Waals surface area contributed by atoms with Gasteiger partial charge in [-0.05, 0) is 25.1 Å². The molecular weight excluding hydrogens is 475 g/mol. The van der Waals surface area contributed by atoms with Crippen molar-refractivity contribution in [3.05, 3.63) is 53.1 Å². The molecule has 0 saturated carbocycles. The lowest BCUT2D eigenvalue weighted by Gasteiger charge is -2.22. The average Bonchev–Trinajstić information content (AvgIpc) is 3.10. The number of nitrogens with zero attached hydrogens (tertiary/aromatic N) is 5. The third-order valence-electron chi connectivity index (χ3n) is 4.42. The van der Waals surface area contributed by atoms with Crippen molar-refractivity contribution >= 4 is 52.6 Å². The van der Waals surface area contributed by atoms with Crippen LogP contribution in [0.2, 0.25) is 5.02 Å². The predicted octanol–water partition coefficient (Wildman–Crippen LogP) is 3.78. The van der Waals surface area contributed by atoms with Gasteiger partial charge in [-0.2, -0.15) is 0 Å². The monoisotopic (exact) mass is 500 g/mol. The quantitative estimate of drug-likeness (QED) is 0.330. The number of hydrogen-bond donors (Lipinski definition) is 1. The molecule has 0 aliphatic heterocycles. The summed E-state index contributed by atoms with van der Waals surface area (Å²) < 4.78 is 4.13. The van der Waals surface area contributed by atoms with Crippen LogP contribution in [0.5, 0.6) is 0 Å². The van der Waals surface area contributed by atoms with E-state index in [2.05, 4.69) is 27.8 Å². The number of aryl methyl sites for hydroxylation is 2. The molecule has 1 aromatic carbocycles. The first-order valence-electron chi connectivity index (χ1n) is 8.70. The number of guanidine groups is 1. The summed E-state index contributed by atoms with van der Waals surface area (Å²) in [7, 11) is 6.05. The fourth-order valence-electron chi connectivity index (χ4n) is 2.99. The van der Waals surface area contributed by atoms with E-state index in [1.165, 1.54) is 0 Å². The van der Waals surface area contributed by atoms with Gasteiger partial charge in [0.2, 0.25) is 0 Å². The van der Waals surface area contributed by atoms with Gasteiger partial charge in [0.1, 0.15) is 12.4 Å². The van der Waals surface area contributed by atoms with Crippen LogP contribution in [0.1, 0.15) is 18.4 Å². The van der Waals surface area contributed by atoms with E-state index in [9.17, 15) is 0 Å². The van der Waals surface area contributed by atoms with Gasteiger partial charge in [0.05, 0.1) is 22.6 Å². The van der Waals surface area contributed by atoms with Gasteiger partial charge in [-0.3, -0.25) is 0 Å². The zero-order valence-electron chi connectivity index (χ0n) is 16.1. The van der Waals surface area contributed by atoms with Crippen molar-refractivity contribution in [1.29, 1.82) is 0 Å². The molecule has 3 aromatic rings. The first-order chi connectivity index (χ1) is 12.5. The zero-order chi connectivity index (χ0) is 18.7. The van der Waals surface area contributed by atoms with E-state index >= 15 is 0 Å². The van der Waals surface area contributed by atoms with Crippen molar-refractivity contribution in [3.8, 4) is 0 Å². The van der Waals surface area contributed by atoms with Gasteiger partial charge in [0.15, 0.2) is 5.96 Å². The Kier molecular flexibility index (Phi) is 7.55. The molecule has 0 radical (unpaired) electrons. The molecule has 1 N–H and O–H groups in total. The Hall–Kier alpha value is -1.74. The maximum absolute atomic E-state index is 6.09. The number of halogens is 2. The molecular formula is C19H26ClIN6. The van der Waals surface area contributed by atoms with Gasteiger partial charge >= 0.3 is 0 Å². The zero-order valence-corrected chi connectivity index (χ0v) is 19.2. The fourth-order valence-corrected chi connectivity index (χ4v) is 3.27. The molecule has 0 aliphatic carbocycles. The van der Waals surface area contributed by atoms with E-state index in [-0.39, 0.29) is 24.0 Å². The van der Waals surface area contributed by atoms with E-state index in [4.69, 9.17) is 21.6 Å². The minimum Gasteiger partial charge on any atom is -0.357 e. The van der Waals surface area contributed by atoms with E-state index in [0.29, 0.717) is 6.54 Å². The van der Waals surface area contributed by atoms with Gasteiger partial charge in [-0.25, -0.2) is 9.98 Å². The smallest absolute Gasteiger partial charge is 0.194 e. The van der Waals surface area contributed by atoms with Gasteiger partial charge < -0.3 is 19.4 Å². The van der Waals surface area contributed by atoms with Gasteiger partial charge in [0.25, 0.3) is 0 Å². The normalized spacial score (nSPS) is 11.5. The minimum atomic E-state index is 0. The molecule has 3 rings (SSSR count). The Labute approximate surface area is 182 Å². The van der Waals surface area contributed by atoms with Crippen LogP contribution in [-0.2, 0) is 27.2 Å². The lowest BCUT2D eigenvalue weighted by Crippen LogP contribution is -2.38. The Morgan fingerprint density at radius 3 is 2.67 bits per heavy atom. The highest BCUT2D eigenvalue weighted by atomic mass is 127. The largest absolute Gasteiger partial charge is 0.357 e.